The molecular weight excluding hydrogens is 222 g/mol. The third-order valence-corrected chi connectivity index (χ3v) is 5.11. The van der Waals surface area contributed by atoms with Gasteiger partial charge < -0.3 is 5.73 Å². The summed E-state index contributed by atoms with van der Waals surface area (Å²) in [6, 6.07) is 0. The summed E-state index contributed by atoms with van der Waals surface area (Å²) in [5.74, 6) is 0.856. The van der Waals surface area contributed by atoms with E-state index in [-0.39, 0.29) is 0 Å². The first-order valence-electron chi connectivity index (χ1n) is 7.57. The lowest BCUT2D eigenvalue weighted by molar-refractivity contribution is 0.00504. The van der Waals surface area contributed by atoms with Gasteiger partial charge in [0, 0.05) is 43.8 Å². The normalized spacial score (nSPS) is 36.2. The average Bonchev–Trinajstić information content (AvgIpc) is 2.71. The Morgan fingerprint density at radius 1 is 1.17 bits per heavy atom. The lowest BCUT2D eigenvalue weighted by Gasteiger charge is -2.48. The molecule has 0 aromatic carbocycles. The molecule has 2 aliphatic rings. The largest absolute Gasteiger partial charge is 0.329 e. The van der Waals surface area contributed by atoms with Crippen LogP contribution in [0.2, 0.25) is 0 Å². The lowest BCUT2D eigenvalue weighted by atomic mass is 9.92. The van der Waals surface area contributed by atoms with E-state index in [4.69, 9.17) is 5.73 Å². The van der Waals surface area contributed by atoms with Crippen molar-refractivity contribution in [1.29, 1.82) is 0 Å². The van der Waals surface area contributed by atoms with Crippen molar-refractivity contribution in [1.82, 2.24) is 9.80 Å². The molecular formula is C15H31N3. The summed E-state index contributed by atoms with van der Waals surface area (Å²) < 4.78 is 0. The Hall–Kier alpha value is -0.120. The highest BCUT2D eigenvalue weighted by Gasteiger charge is 2.42. The minimum atomic E-state index is 0.310. The molecule has 0 bridgehead atoms. The first-order chi connectivity index (χ1) is 8.37. The van der Waals surface area contributed by atoms with Crippen LogP contribution in [0.25, 0.3) is 0 Å². The minimum Gasteiger partial charge on any atom is -0.329 e. The summed E-state index contributed by atoms with van der Waals surface area (Å²) in [5.41, 5.74) is 6.76. The Morgan fingerprint density at radius 3 is 2.17 bits per heavy atom. The number of hydrogen-bond acceptors (Lipinski definition) is 3. The molecule has 1 heterocycles. The molecule has 2 rings (SSSR count). The zero-order chi connectivity index (χ0) is 13.4. The molecule has 0 spiro atoms. The van der Waals surface area contributed by atoms with E-state index in [0.29, 0.717) is 11.1 Å². The second kappa shape index (κ2) is 5.10. The molecule has 106 valence electrons. The molecule has 1 saturated heterocycles. The van der Waals surface area contributed by atoms with Crippen molar-refractivity contribution in [3.63, 3.8) is 0 Å². The molecule has 2 fully saturated rings. The molecule has 2 unspecified atom stereocenters. The molecule has 0 aromatic heterocycles. The van der Waals surface area contributed by atoms with Crippen molar-refractivity contribution in [3.05, 3.63) is 0 Å². The molecule has 2 atom stereocenters. The molecule has 1 saturated carbocycles. The van der Waals surface area contributed by atoms with Gasteiger partial charge >= 0.3 is 0 Å². The maximum absolute atomic E-state index is 6.13. The van der Waals surface area contributed by atoms with Gasteiger partial charge in [-0.05, 0) is 46.0 Å². The summed E-state index contributed by atoms with van der Waals surface area (Å²) in [7, 11) is 0. The Labute approximate surface area is 113 Å². The first kappa shape index (κ1) is 14.3. The van der Waals surface area contributed by atoms with Crippen LogP contribution >= 0.6 is 0 Å². The number of rotatable bonds is 2. The van der Waals surface area contributed by atoms with Gasteiger partial charge in [-0.3, -0.25) is 9.80 Å². The van der Waals surface area contributed by atoms with Gasteiger partial charge in [-0.1, -0.05) is 6.92 Å². The fourth-order valence-electron chi connectivity index (χ4n) is 3.82. The number of nitrogens with two attached hydrogens (primary N) is 1. The van der Waals surface area contributed by atoms with Crippen LogP contribution in [0.5, 0.6) is 0 Å². The average molecular weight is 253 g/mol. The molecule has 1 aliphatic carbocycles. The number of hydrogen-bond donors (Lipinski definition) is 1. The van der Waals surface area contributed by atoms with Gasteiger partial charge in [0.15, 0.2) is 0 Å². The van der Waals surface area contributed by atoms with Crippen molar-refractivity contribution in [2.45, 2.75) is 58.0 Å². The second-order valence-electron chi connectivity index (χ2n) is 7.42. The van der Waals surface area contributed by atoms with E-state index < -0.39 is 0 Å². The molecule has 3 heteroatoms. The smallest absolute Gasteiger partial charge is 0.0335 e. The second-order valence-corrected chi connectivity index (χ2v) is 7.42. The van der Waals surface area contributed by atoms with Gasteiger partial charge in [-0.15, -0.1) is 0 Å². The standard InChI is InChI=1S/C15H31N3/c1-13-5-6-15(11-13,12-16)18-9-7-17(8-10-18)14(2,3)4/h13H,5-12,16H2,1-4H3. The van der Waals surface area contributed by atoms with Gasteiger partial charge in [0.2, 0.25) is 0 Å². The van der Waals surface area contributed by atoms with E-state index in [1.165, 1.54) is 45.4 Å². The summed E-state index contributed by atoms with van der Waals surface area (Å²) in [6.45, 7) is 15.0. The zero-order valence-electron chi connectivity index (χ0n) is 12.7. The maximum Gasteiger partial charge on any atom is 0.0335 e. The van der Waals surface area contributed by atoms with Crippen LogP contribution in [0.1, 0.15) is 47.0 Å². The predicted molar refractivity (Wildman–Crippen MR) is 77.7 cm³/mol. The molecule has 3 nitrogen and oxygen atoms in total. The highest BCUT2D eigenvalue weighted by Crippen LogP contribution is 2.39. The number of piperazine rings is 1. The van der Waals surface area contributed by atoms with E-state index >= 15 is 0 Å². The molecule has 1 aliphatic heterocycles. The van der Waals surface area contributed by atoms with Gasteiger partial charge in [0.25, 0.3) is 0 Å². The van der Waals surface area contributed by atoms with Crippen molar-refractivity contribution in [3.8, 4) is 0 Å². The van der Waals surface area contributed by atoms with E-state index in [1.54, 1.807) is 0 Å². The van der Waals surface area contributed by atoms with E-state index in [2.05, 4.69) is 37.5 Å². The maximum atomic E-state index is 6.13. The van der Waals surface area contributed by atoms with Crippen molar-refractivity contribution in [2.24, 2.45) is 11.7 Å². The van der Waals surface area contributed by atoms with Crippen molar-refractivity contribution < 1.29 is 0 Å². The third kappa shape index (κ3) is 2.73. The van der Waals surface area contributed by atoms with Crippen LogP contribution in [-0.4, -0.2) is 53.6 Å². The molecule has 2 N–H and O–H groups in total. The molecule has 0 aromatic rings. The fourth-order valence-corrected chi connectivity index (χ4v) is 3.82. The Balaban J connectivity index is 1.96. The number of nitrogens with zero attached hydrogens (tertiary/aromatic N) is 2. The Bertz CT molecular complexity index is 276. The van der Waals surface area contributed by atoms with Crippen LogP contribution in [0.3, 0.4) is 0 Å². The highest BCUT2D eigenvalue weighted by atomic mass is 15.3. The lowest BCUT2D eigenvalue weighted by Crippen LogP contribution is -2.61. The summed E-state index contributed by atoms with van der Waals surface area (Å²) in [6.07, 6.45) is 3.97. The van der Waals surface area contributed by atoms with E-state index in [1.807, 2.05) is 0 Å². The Morgan fingerprint density at radius 2 is 1.78 bits per heavy atom. The monoisotopic (exact) mass is 253 g/mol. The van der Waals surface area contributed by atoms with Crippen molar-refractivity contribution in [2.75, 3.05) is 32.7 Å². The van der Waals surface area contributed by atoms with Crippen molar-refractivity contribution >= 4 is 0 Å². The van der Waals surface area contributed by atoms with Crippen LogP contribution < -0.4 is 5.73 Å². The van der Waals surface area contributed by atoms with Gasteiger partial charge in [-0.25, -0.2) is 0 Å². The van der Waals surface area contributed by atoms with Gasteiger partial charge in [-0.2, -0.15) is 0 Å². The van der Waals surface area contributed by atoms with Crippen LogP contribution in [0.15, 0.2) is 0 Å². The van der Waals surface area contributed by atoms with Gasteiger partial charge in [0.1, 0.15) is 0 Å². The van der Waals surface area contributed by atoms with Crippen LogP contribution in [0, 0.1) is 5.92 Å². The molecule has 0 radical (unpaired) electrons. The summed E-state index contributed by atoms with van der Waals surface area (Å²) in [4.78, 5) is 5.30. The quantitative estimate of drug-likeness (QED) is 0.816. The SMILES string of the molecule is CC1CCC(CN)(N2CCN(C(C)(C)C)CC2)C1. The Kier molecular flexibility index (Phi) is 4.05. The summed E-state index contributed by atoms with van der Waals surface area (Å²) in [5, 5.41) is 0. The predicted octanol–water partition coefficient (Wildman–Crippen LogP) is 1.92. The first-order valence-corrected chi connectivity index (χ1v) is 7.57. The minimum absolute atomic E-state index is 0.310. The van der Waals surface area contributed by atoms with Gasteiger partial charge in [0.05, 0.1) is 0 Å². The highest BCUT2D eigenvalue weighted by molar-refractivity contribution is 5.00. The van der Waals surface area contributed by atoms with Crippen LogP contribution in [-0.2, 0) is 0 Å². The fraction of sp³-hybridized carbons (Fsp3) is 1.00. The van der Waals surface area contributed by atoms with Crippen LogP contribution in [0.4, 0.5) is 0 Å². The topological polar surface area (TPSA) is 32.5 Å². The molecule has 18 heavy (non-hydrogen) atoms. The summed E-state index contributed by atoms with van der Waals surface area (Å²) >= 11 is 0. The van der Waals surface area contributed by atoms with E-state index in [9.17, 15) is 0 Å². The third-order valence-electron chi connectivity index (χ3n) is 5.11. The molecule has 0 amide bonds. The van der Waals surface area contributed by atoms with E-state index in [0.717, 1.165) is 12.5 Å². The zero-order valence-corrected chi connectivity index (χ0v) is 12.7.